The van der Waals surface area contributed by atoms with Gasteiger partial charge in [-0.3, -0.25) is 9.89 Å². The fraction of sp³-hybridized carbons (Fsp3) is 0.571. The topological polar surface area (TPSA) is 108 Å². The molecule has 2 aromatic rings. The molecule has 162 valence electrons. The van der Waals surface area contributed by atoms with E-state index in [1.165, 1.54) is 25.7 Å². The highest BCUT2D eigenvalue weighted by Crippen LogP contribution is 2.34. The first-order chi connectivity index (χ1) is 14.4. The Morgan fingerprint density at radius 2 is 1.97 bits per heavy atom. The summed E-state index contributed by atoms with van der Waals surface area (Å²) < 4.78 is 26.1. The van der Waals surface area contributed by atoms with Crippen LogP contribution in [0.4, 0.5) is 0 Å². The molecular weight excluding hydrogens is 402 g/mol. The molecule has 1 aromatic heterocycles. The van der Waals surface area contributed by atoms with Gasteiger partial charge in [-0.25, -0.2) is 18.1 Å². The molecular formula is C21H29N5O3S. The van der Waals surface area contributed by atoms with E-state index in [1.54, 1.807) is 4.90 Å². The Morgan fingerprint density at radius 3 is 2.67 bits per heavy atom. The van der Waals surface area contributed by atoms with E-state index in [2.05, 4.69) is 19.9 Å². The van der Waals surface area contributed by atoms with Crippen molar-refractivity contribution in [3.05, 3.63) is 36.2 Å². The number of aromatic nitrogens is 3. The lowest BCUT2D eigenvalue weighted by molar-refractivity contribution is -0.132. The molecule has 30 heavy (non-hydrogen) atoms. The fourth-order valence-corrected chi connectivity index (χ4v) is 5.45. The quantitative estimate of drug-likeness (QED) is 0.701. The molecule has 4 rings (SSSR count). The van der Waals surface area contributed by atoms with E-state index in [9.17, 15) is 13.2 Å². The molecule has 8 nitrogen and oxygen atoms in total. The minimum Gasteiger partial charge on any atom is -0.331 e. The van der Waals surface area contributed by atoms with Crippen molar-refractivity contribution < 1.29 is 13.2 Å². The summed E-state index contributed by atoms with van der Waals surface area (Å²) >= 11 is 0. The molecule has 1 amide bonds. The van der Waals surface area contributed by atoms with Crippen LogP contribution in [0.5, 0.6) is 0 Å². The van der Waals surface area contributed by atoms with Crippen LogP contribution in [-0.2, 0) is 14.8 Å². The highest BCUT2D eigenvalue weighted by Gasteiger charge is 2.39. The van der Waals surface area contributed by atoms with E-state index in [4.69, 9.17) is 0 Å². The Morgan fingerprint density at radius 1 is 1.23 bits per heavy atom. The molecule has 1 saturated heterocycles. The molecule has 0 bridgehead atoms. The van der Waals surface area contributed by atoms with E-state index in [1.807, 2.05) is 30.3 Å². The first-order valence-corrected chi connectivity index (χ1v) is 12.5. The van der Waals surface area contributed by atoms with Crippen molar-refractivity contribution >= 4 is 15.9 Å². The number of hydrogen-bond donors (Lipinski definition) is 2. The molecule has 1 aliphatic carbocycles. The SMILES string of the molecule is CS(=O)(=O)N[C@H]1C[C@@H](c2nc(-c3ccccc3)n[nH]2)N(C(=O)CCC2CCCC2)C1. The largest absolute Gasteiger partial charge is 0.331 e. The Balaban J connectivity index is 1.51. The van der Waals surface area contributed by atoms with Crippen molar-refractivity contribution in [2.75, 3.05) is 12.8 Å². The molecule has 2 N–H and O–H groups in total. The summed E-state index contributed by atoms with van der Waals surface area (Å²) in [7, 11) is -3.36. The molecule has 0 unspecified atom stereocenters. The zero-order valence-corrected chi connectivity index (χ0v) is 18.1. The van der Waals surface area contributed by atoms with Crippen molar-refractivity contribution in [1.82, 2.24) is 24.8 Å². The summed E-state index contributed by atoms with van der Waals surface area (Å²) in [6, 6.07) is 8.99. The van der Waals surface area contributed by atoms with E-state index < -0.39 is 10.0 Å². The number of rotatable bonds is 7. The number of benzene rings is 1. The number of carbonyl (C=O) groups is 1. The van der Waals surface area contributed by atoms with Crippen LogP contribution < -0.4 is 4.72 Å². The number of hydrogen-bond acceptors (Lipinski definition) is 5. The predicted octanol–water partition coefficient (Wildman–Crippen LogP) is 2.63. The minimum atomic E-state index is -3.36. The number of H-pyrrole nitrogens is 1. The average molecular weight is 432 g/mol. The zero-order chi connectivity index (χ0) is 21.1. The summed E-state index contributed by atoms with van der Waals surface area (Å²) in [6.45, 7) is 0.350. The number of carbonyl (C=O) groups excluding carboxylic acids is 1. The normalized spacial score (nSPS) is 22.6. The van der Waals surface area contributed by atoms with Crippen molar-refractivity contribution in [2.45, 2.75) is 57.0 Å². The summed E-state index contributed by atoms with van der Waals surface area (Å²) in [5.41, 5.74) is 0.892. The van der Waals surface area contributed by atoms with Crippen molar-refractivity contribution in [2.24, 2.45) is 5.92 Å². The van der Waals surface area contributed by atoms with Gasteiger partial charge in [0.15, 0.2) is 5.82 Å². The van der Waals surface area contributed by atoms with E-state index in [-0.39, 0.29) is 18.0 Å². The lowest BCUT2D eigenvalue weighted by atomic mass is 10.0. The van der Waals surface area contributed by atoms with Crippen molar-refractivity contribution in [3.8, 4) is 11.4 Å². The Hall–Kier alpha value is -2.26. The van der Waals surface area contributed by atoms with Crippen LogP contribution in [0.15, 0.2) is 30.3 Å². The van der Waals surface area contributed by atoms with E-state index >= 15 is 0 Å². The van der Waals surface area contributed by atoms with Crippen LogP contribution in [-0.4, -0.2) is 53.2 Å². The number of amides is 1. The van der Waals surface area contributed by atoms with E-state index in [0.29, 0.717) is 37.0 Å². The number of nitrogens with zero attached hydrogens (tertiary/aromatic N) is 3. The van der Waals surface area contributed by atoms with Crippen molar-refractivity contribution in [3.63, 3.8) is 0 Å². The maximum absolute atomic E-state index is 13.1. The van der Waals surface area contributed by atoms with Gasteiger partial charge in [0.05, 0.1) is 12.3 Å². The van der Waals surface area contributed by atoms with E-state index in [0.717, 1.165) is 18.2 Å². The van der Waals surface area contributed by atoms with Gasteiger partial charge in [-0.2, -0.15) is 5.10 Å². The first-order valence-electron chi connectivity index (χ1n) is 10.6. The Kier molecular flexibility index (Phi) is 6.19. The molecule has 2 atom stereocenters. The predicted molar refractivity (Wildman–Crippen MR) is 114 cm³/mol. The van der Waals surface area contributed by atoms with Gasteiger partial charge in [-0.1, -0.05) is 56.0 Å². The van der Waals surface area contributed by atoms with Crippen LogP contribution >= 0.6 is 0 Å². The van der Waals surface area contributed by atoms with Gasteiger partial charge < -0.3 is 4.90 Å². The van der Waals surface area contributed by atoms with Gasteiger partial charge in [0.1, 0.15) is 5.82 Å². The number of aromatic amines is 1. The molecule has 2 aliphatic rings. The second kappa shape index (κ2) is 8.85. The van der Waals surface area contributed by atoms with Crippen LogP contribution in [0.2, 0.25) is 0 Å². The maximum Gasteiger partial charge on any atom is 0.223 e. The third kappa shape index (κ3) is 5.07. The molecule has 2 heterocycles. The van der Waals surface area contributed by atoms with Gasteiger partial charge in [0.25, 0.3) is 0 Å². The summed E-state index contributed by atoms with van der Waals surface area (Å²) in [5.74, 6) is 1.86. The zero-order valence-electron chi connectivity index (χ0n) is 17.3. The second-order valence-corrected chi connectivity index (χ2v) is 10.3. The van der Waals surface area contributed by atoms with Crippen LogP contribution in [0.3, 0.4) is 0 Å². The van der Waals surface area contributed by atoms with Gasteiger partial charge in [-0.15, -0.1) is 0 Å². The fourth-order valence-electron chi connectivity index (χ4n) is 4.67. The number of nitrogens with one attached hydrogen (secondary N) is 2. The third-order valence-electron chi connectivity index (χ3n) is 6.09. The number of likely N-dealkylation sites (tertiary alicyclic amines) is 1. The summed E-state index contributed by atoms with van der Waals surface area (Å²) in [5, 5.41) is 7.30. The maximum atomic E-state index is 13.1. The van der Waals surface area contributed by atoms with Gasteiger partial charge in [0, 0.05) is 24.6 Å². The highest BCUT2D eigenvalue weighted by atomic mass is 32.2. The monoisotopic (exact) mass is 431 g/mol. The molecule has 0 radical (unpaired) electrons. The summed E-state index contributed by atoms with van der Waals surface area (Å²) in [6.07, 6.45) is 7.94. The lowest BCUT2D eigenvalue weighted by Gasteiger charge is -2.23. The Bertz CT molecular complexity index is 970. The first kappa shape index (κ1) is 21.0. The molecule has 1 aliphatic heterocycles. The van der Waals surface area contributed by atoms with Crippen LogP contribution in [0.25, 0.3) is 11.4 Å². The smallest absolute Gasteiger partial charge is 0.223 e. The summed E-state index contributed by atoms with van der Waals surface area (Å²) in [4.78, 5) is 19.5. The standard InChI is InChI=1S/C21H29N5O3S/c1-30(28,29)25-17-13-18(21-22-20(23-24-21)16-9-3-2-4-10-16)26(14-17)19(27)12-11-15-7-5-6-8-15/h2-4,9-10,15,17-18,25H,5-8,11-14H2,1H3,(H,22,23,24)/t17-,18-/m0/s1. The van der Waals surface area contributed by atoms with Gasteiger partial charge in [-0.05, 0) is 18.8 Å². The highest BCUT2D eigenvalue weighted by molar-refractivity contribution is 7.88. The van der Waals surface area contributed by atoms with Crippen LogP contribution in [0.1, 0.15) is 56.8 Å². The molecule has 1 aromatic carbocycles. The van der Waals surface area contributed by atoms with Crippen LogP contribution in [0, 0.1) is 5.92 Å². The molecule has 0 spiro atoms. The minimum absolute atomic E-state index is 0.0577. The second-order valence-electron chi connectivity index (χ2n) is 8.48. The third-order valence-corrected chi connectivity index (χ3v) is 6.86. The molecule has 1 saturated carbocycles. The van der Waals surface area contributed by atoms with Crippen molar-refractivity contribution in [1.29, 1.82) is 0 Å². The van der Waals surface area contributed by atoms with Gasteiger partial charge in [0.2, 0.25) is 15.9 Å². The molecule has 9 heteroatoms. The molecule has 2 fully saturated rings. The van der Waals surface area contributed by atoms with Gasteiger partial charge >= 0.3 is 0 Å². The lowest BCUT2D eigenvalue weighted by Crippen LogP contribution is -2.38. The number of sulfonamides is 1. The average Bonchev–Trinajstić information content (AvgIpc) is 3.46. The Labute approximate surface area is 177 Å².